The molecule has 154 valence electrons. The van der Waals surface area contributed by atoms with Crippen LogP contribution in [0.4, 0.5) is 0 Å². The molecule has 2 aromatic rings. The minimum atomic E-state index is -0.729. The number of rotatable bonds is 10. The topological polar surface area (TPSA) is 100 Å². The van der Waals surface area contributed by atoms with Gasteiger partial charge in [0.05, 0.1) is 20.8 Å². The average Bonchev–Trinajstić information content (AvgIpc) is 2.76. The Morgan fingerprint density at radius 1 is 0.862 bits per heavy atom. The highest BCUT2D eigenvalue weighted by Crippen LogP contribution is 2.22. The Balaban J connectivity index is 1.83. The molecule has 2 rings (SSSR count). The minimum absolute atomic E-state index is 0.263. The number of amides is 1. The predicted octanol–water partition coefficient (Wildman–Crippen LogP) is 2.26. The van der Waals surface area contributed by atoms with Gasteiger partial charge < -0.3 is 24.3 Å². The zero-order valence-electron chi connectivity index (χ0n) is 16.5. The van der Waals surface area contributed by atoms with E-state index in [2.05, 4.69) is 5.32 Å². The molecule has 0 unspecified atom stereocenters. The van der Waals surface area contributed by atoms with E-state index in [1.165, 1.54) is 26.4 Å². The summed E-state index contributed by atoms with van der Waals surface area (Å²) in [5.74, 6) is -0.0521. The molecule has 0 saturated heterocycles. The summed E-state index contributed by atoms with van der Waals surface area (Å²) in [5, 5.41) is 2.43. The smallest absolute Gasteiger partial charge is 0.325 e. The number of esters is 1. The van der Waals surface area contributed by atoms with E-state index in [4.69, 9.17) is 18.9 Å². The fourth-order valence-electron chi connectivity index (χ4n) is 2.38. The van der Waals surface area contributed by atoms with Crippen LogP contribution in [0.25, 0.3) is 0 Å². The molecule has 29 heavy (non-hydrogen) atoms. The molecule has 0 fully saturated rings. The number of carbonyl (C=O) groups is 3. The van der Waals surface area contributed by atoms with Crippen molar-refractivity contribution in [3.63, 3.8) is 0 Å². The van der Waals surface area contributed by atoms with Crippen molar-refractivity contribution < 1.29 is 33.3 Å². The second-order valence-electron chi connectivity index (χ2n) is 5.83. The number of ether oxygens (including phenoxy) is 4. The minimum Gasteiger partial charge on any atom is -0.497 e. The molecule has 2 aromatic carbocycles. The maximum Gasteiger partial charge on any atom is 0.325 e. The van der Waals surface area contributed by atoms with E-state index in [0.717, 1.165) is 0 Å². The fraction of sp³-hybridized carbons (Fsp3) is 0.286. The van der Waals surface area contributed by atoms with Gasteiger partial charge >= 0.3 is 5.97 Å². The monoisotopic (exact) mass is 401 g/mol. The summed E-state index contributed by atoms with van der Waals surface area (Å²) in [6.07, 6.45) is 0. The summed E-state index contributed by atoms with van der Waals surface area (Å²) in [7, 11) is 2.93. The highest BCUT2D eigenvalue weighted by Gasteiger charge is 2.14. The summed E-state index contributed by atoms with van der Waals surface area (Å²) in [5.41, 5.74) is 0.660. The Morgan fingerprint density at radius 3 is 2.03 bits per heavy atom. The van der Waals surface area contributed by atoms with Crippen molar-refractivity contribution in [1.29, 1.82) is 0 Å². The SMILES string of the molecule is CCOc1ccc(C(=O)COC(=O)CNC(=O)c2cc(OC)cc(OC)c2)cc1. The highest BCUT2D eigenvalue weighted by molar-refractivity contribution is 5.99. The van der Waals surface area contributed by atoms with Crippen LogP contribution < -0.4 is 19.5 Å². The van der Waals surface area contributed by atoms with Crippen molar-refractivity contribution in [3.8, 4) is 17.2 Å². The van der Waals surface area contributed by atoms with Crippen LogP contribution in [-0.2, 0) is 9.53 Å². The number of hydrogen-bond donors (Lipinski definition) is 1. The first-order chi connectivity index (χ1) is 14.0. The van der Waals surface area contributed by atoms with E-state index in [9.17, 15) is 14.4 Å². The fourth-order valence-corrected chi connectivity index (χ4v) is 2.38. The van der Waals surface area contributed by atoms with E-state index < -0.39 is 18.5 Å². The molecule has 8 heteroatoms. The van der Waals surface area contributed by atoms with Gasteiger partial charge in [0.2, 0.25) is 0 Å². The second kappa shape index (κ2) is 10.7. The lowest BCUT2D eigenvalue weighted by atomic mass is 10.1. The molecule has 0 saturated carbocycles. The Kier molecular flexibility index (Phi) is 8.02. The van der Waals surface area contributed by atoms with Gasteiger partial charge in [-0.3, -0.25) is 14.4 Å². The highest BCUT2D eigenvalue weighted by atomic mass is 16.5. The third kappa shape index (κ3) is 6.53. The van der Waals surface area contributed by atoms with E-state index in [1.807, 2.05) is 6.92 Å². The molecular weight excluding hydrogens is 378 g/mol. The van der Waals surface area contributed by atoms with E-state index in [0.29, 0.717) is 29.4 Å². The molecule has 0 bridgehead atoms. The number of methoxy groups -OCH3 is 2. The summed E-state index contributed by atoms with van der Waals surface area (Å²) in [6.45, 7) is 1.59. The molecule has 1 amide bonds. The van der Waals surface area contributed by atoms with Crippen LogP contribution in [0, 0.1) is 0 Å². The van der Waals surface area contributed by atoms with Crippen molar-refractivity contribution in [2.75, 3.05) is 34.0 Å². The maximum atomic E-state index is 12.2. The van der Waals surface area contributed by atoms with E-state index in [1.54, 1.807) is 30.3 Å². The molecule has 0 aliphatic rings. The van der Waals surface area contributed by atoms with Crippen molar-refractivity contribution in [1.82, 2.24) is 5.32 Å². The molecule has 0 spiro atoms. The number of Topliss-reactive ketones (excluding diaryl/α,β-unsaturated/α-hetero) is 1. The molecule has 0 atom stereocenters. The quantitative estimate of drug-likeness (QED) is 0.481. The Labute approximate surface area is 168 Å². The summed E-state index contributed by atoms with van der Waals surface area (Å²) >= 11 is 0. The van der Waals surface area contributed by atoms with Gasteiger partial charge in [0, 0.05) is 17.2 Å². The van der Waals surface area contributed by atoms with Crippen molar-refractivity contribution in [2.45, 2.75) is 6.92 Å². The second-order valence-corrected chi connectivity index (χ2v) is 5.83. The Bertz CT molecular complexity index is 840. The van der Waals surface area contributed by atoms with Gasteiger partial charge in [-0.2, -0.15) is 0 Å². The number of ketones is 1. The standard InChI is InChI=1S/C21H23NO7/c1-4-28-16-7-5-14(6-8-16)19(23)13-29-20(24)12-22-21(25)15-9-17(26-2)11-18(10-15)27-3/h5-11H,4,12-13H2,1-3H3,(H,22,25). The normalized spacial score (nSPS) is 10.0. The van der Waals surface area contributed by atoms with E-state index in [-0.39, 0.29) is 17.9 Å². The summed E-state index contributed by atoms with van der Waals surface area (Å²) < 4.78 is 20.4. The zero-order chi connectivity index (χ0) is 21.2. The van der Waals surface area contributed by atoms with Gasteiger partial charge in [-0.25, -0.2) is 0 Å². The van der Waals surface area contributed by atoms with Crippen LogP contribution >= 0.6 is 0 Å². The maximum absolute atomic E-state index is 12.2. The summed E-state index contributed by atoms with van der Waals surface area (Å²) in [6, 6.07) is 11.2. The molecule has 0 aliphatic carbocycles. The number of hydrogen-bond acceptors (Lipinski definition) is 7. The third-order valence-electron chi connectivity index (χ3n) is 3.86. The van der Waals surface area contributed by atoms with Crippen LogP contribution in [0.3, 0.4) is 0 Å². The van der Waals surface area contributed by atoms with Gasteiger partial charge in [-0.1, -0.05) is 0 Å². The van der Waals surface area contributed by atoms with Gasteiger partial charge in [-0.15, -0.1) is 0 Å². The lowest BCUT2D eigenvalue weighted by molar-refractivity contribution is -0.141. The van der Waals surface area contributed by atoms with Crippen molar-refractivity contribution >= 4 is 17.7 Å². The lowest BCUT2D eigenvalue weighted by Gasteiger charge is -2.09. The molecule has 0 aliphatic heterocycles. The first kappa shape index (κ1) is 21.7. The number of nitrogens with one attached hydrogen (secondary N) is 1. The molecule has 0 heterocycles. The van der Waals surface area contributed by atoms with Gasteiger partial charge in [0.15, 0.2) is 12.4 Å². The van der Waals surface area contributed by atoms with Gasteiger partial charge in [-0.05, 0) is 43.3 Å². The molecule has 1 N–H and O–H groups in total. The van der Waals surface area contributed by atoms with E-state index >= 15 is 0 Å². The first-order valence-electron chi connectivity index (χ1n) is 8.89. The first-order valence-corrected chi connectivity index (χ1v) is 8.89. The Hall–Kier alpha value is -3.55. The third-order valence-corrected chi connectivity index (χ3v) is 3.86. The number of benzene rings is 2. The molecule has 8 nitrogen and oxygen atoms in total. The molecule has 0 aromatic heterocycles. The van der Waals surface area contributed by atoms with Gasteiger partial charge in [0.1, 0.15) is 23.8 Å². The van der Waals surface area contributed by atoms with Crippen LogP contribution in [0.15, 0.2) is 42.5 Å². The van der Waals surface area contributed by atoms with Crippen molar-refractivity contribution in [2.24, 2.45) is 0 Å². The van der Waals surface area contributed by atoms with Crippen LogP contribution in [0.1, 0.15) is 27.6 Å². The lowest BCUT2D eigenvalue weighted by Crippen LogP contribution is -2.31. The Morgan fingerprint density at radius 2 is 1.48 bits per heavy atom. The molecular formula is C21H23NO7. The van der Waals surface area contributed by atoms with Crippen LogP contribution in [0.2, 0.25) is 0 Å². The van der Waals surface area contributed by atoms with Crippen LogP contribution in [0.5, 0.6) is 17.2 Å². The average molecular weight is 401 g/mol. The predicted molar refractivity (Wildman–Crippen MR) is 105 cm³/mol. The molecule has 0 radical (unpaired) electrons. The van der Waals surface area contributed by atoms with Crippen LogP contribution in [-0.4, -0.2) is 51.6 Å². The largest absolute Gasteiger partial charge is 0.497 e. The summed E-state index contributed by atoms with van der Waals surface area (Å²) in [4.78, 5) is 36.1. The number of carbonyl (C=O) groups excluding carboxylic acids is 3. The van der Waals surface area contributed by atoms with Gasteiger partial charge in [0.25, 0.3) is 5.91 Å². The van der Waals surface area contributed by atoms with Crippen molar-refractivity contribution in [3.05, 3.63) is 53.6 Å². The zero-order valence-corrected chi connectivity index (χ0v) is 16.5.